The van der Waals surface area contributed by atoms with Crippen molar-refractivity contribution in [2.45, 2.75) is 37.4 Å². The van der Waals surface area contributed by atoms with Gasteiger partial charge < -0.3 is 24.1 Å². The van der Waals surface area contributed by atoms with Crippen LogP contribution in [0.4, 0.5) is 0 Å². The third kappa shape index (κ3) is 4.95. The van der Waals surface area contributed by atoms with Crippen LogP contribution in [0.1, 0.15) is 34.9 Å². The minimum absolute atomic E-state index is 0.0782. The van der Waals surface area contributed by atoms with Crippen molar-refractivity contribution < 1.29 is 24.1 Å². The van der Waals surface area contributed by atoms with Crippen molar-refractivity contribution in [2.75, 3.05) is 20.8 Å². The number of H-pyrrole nitrogens is 1. The Morgan fingerprint density at radius 2 is 1.60 bits per heavy atom. The van der Waals surface area contributed by atoms with E-state index in [1.807, 2.05) is 78.9 Å². The number of hydrogen-bond donors (Lipinski definition) is 2. The Morgan fingerprint density at radius 3 is 2.20 bits per heavy atom. The number of rotatable bonds is 9. The fourth-order valence-corrected chi connectivity index (χ4v) is 5.31. The van der Waals surface area contributed by atoms with E-state index in [2.05, 4.69) is 4.98 Å². The summed E-state index contributed by atoms with van der Waals surface area (Å²) in [6, 6.07) is 25.3. The Morgan fingerprint density at radius 1 is 0.950 bits per heavy atom. The molecule has 3 aromatic carbocycles. The van der Waals surface area contributed by atoms with E-state index in [-0.39, 0.29) is 13.0 Å². The quantitative estimate of drug-likeness (QED) is 0.310. The average Bonchev–Trinajstić information content (AvgIpc) is 3.36. The van der Waals surface area contributed by atoms with Gasteiger partial charge in [0, 0.05) is 23.7 Å². The lowest BCUT2D eigenvalue weighted by Gasteiger charge is -2.37. The second kappa shape index (κ2) is 11.5. The molecule has 9 nitrogen and oxygen atoms in total. The molecule has 9 heteroatoms. The van der Waals surface area contributed by atoms with Crippen LogP contribution in [-0.2, 0) is 15.1 Å². The second-order valence-corrected chi connectivity index (χ2v) is 9.70. The van der Waals surface area contributed by atoms with Gasteiger partial charge in [0.25, 0.3) is 5.56 Å². The summed E-state index contributed by atoms with van der Waals surface area (Å²) < 4.78 is 25.8. The molecule has 0 amide bonds. The Balaban J connectivity index is 1.58. The van der Waals surface area contributed by atoms with E-state index in [0.29, 0.717) is 17.1 Å². The predicted molar refractivity (Wildman–Crippen MR) is 149 cm³/mol. The Labute approximate surface area is 231 Å². The molecular weight excluding hydrogens is 512 g/mol. The van der Waals surface area contributed by atoms with E-state index >= 15 is 0 Å². The Bertz CT molecular complexity index is 1530. The molecule has 0 bridgehead atoms. The minimum Gasteiger partial charge on any atom is -0.493 e. The summed E-state index contributed by atoms with van der Waals surface area (Å²) in [6.07, 6.45) is -0.874. The molecule has 0 aliphatic carbocycles. The number of aromatic amines is 1. The molecular formula is C31H32N2O7. The topological polar surface area (TPSA) is 112 Å². The largest absolute Gasteiger partial charge is 0.493 e. The summed E-state index contributed by atoms with van der Waals surface area (Å²) in [5.74, 6) is 1.08. The van der Waals surface area contributed by atoms with Crippen LogP contribution in [0.5, 0.6) is 11.5 Å². The van der Waals surface area contributed by atoms with Gasteiger partial charge in [-0.1, -0.05) is 72.8 Å². The number of aliphatic hydroxyl groups is 1. The number of benzene rings is 3. The molecule has 2 N–H and O–H groups in total. The van der Waals surface area contributed by atoms with Crippen LogP contribution >= 0.6 is 0 Å². The molecule has 0 radical (unpaired) electrons. The summed E-state index contributed by atoms with van der Waals surface area (Å²) in [7, 11) is 3.18. The molecule has 0 unspecified atom stereocenters. The number of aryl methyl sites for hydroxylation is 1. The van der Waals surface area contributed by atoms with Crippen molar-refractivity contribution >= 4 is 0 Å². The number of hydrogen-bond acceptors (Lipinski definition) is 7. The molecule has 0 saturated carbocycles. The van der Waals surface area contributed by atoms with E-state index in [1.54, 1.807) is 21.1 Å². The van der Waals surface area contributed by atoms with Gasteiger partial charge >= 0.3 is 5.69 Å². The van der Waals surface area contributed by atoms with Crippen LogP contribution < -0.4 is 20.7 Å². The highest BCUT2D eigenvalue weighted by Crippen LogP contribution is 2.47. The van der Waals surface area contributed by atoms with Gasteiger partial charge in [-0.25, -0.2) is 4.79 Å². The summed E-state index contributed by atoms with van der Waals surface area (Å²) in [5.41, 5.74) is 0.522. The first-order valence-corrected chi connectivity index (χ1v) is 13.0. The highest BCUT2D eigenvalue weighted by Gasteiger charge is 2.43. The van der Waals surface area contributed by atoms with Gasteiger partial charge in [0.15, 0.2) is 17.7 Å². The zero-order valence-electron chi connectivity index (χ0n) is 22.6. The van der Waals surface area contributed by atoms with E-state index in [1.165, 1.54) is 10.8 Å². The van der Waals surface area contributed by atoms with Crippen LogP contribution in [0.15, 0.2) is 94.6 Å². The second-order valence-electron chi connectivity index (χ2n) is 9.70. The van der Waals surface area contributed by atoms with Crippen LogP contribution in [0.25, 0.3) is 0 Å². The molecule has 1 fully saturated rings. The molecule has 3 atom stereocenters. The Hall–Kier alpha value is -4.18. The fourth-order valence-electron chi connectivity index (χ4n) is 5.31. The summed E-state index contributed by atoms with van der Waals surface area (Å²) >= 11 is 0. The number of para-hydroxylation sites is 1. The molecule has 1 aromatic heterocycles. The lowest BCUT2D eigenvalue weighted by atomic mass is 9.79. The summed E-state index contributed by atoms with van der Waals surface area (Å²) in [4.78, 5) is 26.6. The average molecular weight is 545 g/mol. The van der Waals surface area contributed by atoms with Crippen LogP contribution in [0.2, 0.25) is 0 Å². The van der Waals surface area contributed by atoms with Crippen molar-refractivity contribution in [2.24, 2.45) is 0 Å². The molecule has 1 aliphatic heterocycles. The Kier molecular flexibility index (Phi) is 7.88. The van der Waals surface area contributed by atoms with Gasteiger partial charge in [-0.3, -0.25) is 14.3 Å². The van der Waals surface area contributed by atoms with Gasteiger partial charge in [-0.05, 0) is 24.1 Å². The van der Waals surface area contributed by atoms with Crippen LogP contribution in [0, 0.1) is 6.92 Å². The van der Waals surface area contributed by atoms with Gasteiger partial charge in [-0.2, -0.15) is 0 Å². The SMILES string of the molecule is COc1cccc(C(OC[C@@H]2C[C@@H](O)[C@H](n3cc(C)c(=O)[nH]c3=O)O2)(c2ccccc2)c2ccccc2)c1OC. The van der Waals surface area contributed by atoms with Gasteiger partial charge in [0.05, 0.1) is 26.9 Å². The summed E-state index contributed by atoms with van der Waals surface area (Å²) in [5, 5.41) is 10.9. The third-order valence-electron chi connectivity index (χ3n) is 7.21. The maximum absolute atomic E-state index is 12.5. The van der Waals surface area contributed by atoms with E-state index in [0.717, 1.165) is 16.7 Å². The molecule has 4 aromatic rings. The monoisotopic (exact) mass is 544 g/mol. The molecule has 1 saturated heterocycles. The maximum atomic E-state index is 12.5. The first-order valence-electron chi connectivity index (χ1n) is 13.0. The molecule has 5 rings (SSSR count). The molecule has 1 aliphatic rings. The van der Waals surface area contributed by atoms with Gasteiger partial charge in [-0.15, -0.1) is 0 Å². The third-order valence-corrected chi connectivity index (χ3v) is 7.21. The zero-order chi connectivity index (χ0) is 28.3. The molecule has 208 valence electrons. The van der Waals surface area contributed by atoms with Crippen molar-refractivity contribution in [1.82, 2.24) is 9.55 Å². The number of aliphatic hydroxyl groups excluding tert-OH is 1. The van der Waals surface area contributed by atoms with Crippen molar-refractivity contribution in [3.8, 4) is 11.5 Å². The van der Waals surface area contributed by atoms with E-state index in [4.69, 9.17) is 18.9 Å². The number of nitrogens with zero attached hydrogens (tertiary/aromatic N) is 1. The zero-order valence-corrected chi connectivity index (χ0v) is 22.6. The fraction of sp³-hybridized carbons (Fsp3) is 0.290. The lowest BCUT2D eigenvalue weighted by molar-refractivity contribution is -0.0879. The van der Waals surface area contributed by atoms with Crippen molar-refractivity contribution in [3.05, 3.63) is 128 Å². The lowest BCUT2D eigenvalue weighted by Crippen LogP contribution is -2.37. The molecule has 0 spiro atoms. The van der Waals surface area contributed by atoms with Gasteiger partial charge in [0.2, 0.25) is 0 Å². The number of methoxy groups -OCH3 is 2. The van der Waals surface area contributed by atoms with Gasteiger partial charge in [0.1, 0.15) is 11.7 Å². The molecule has 40 heavy (non-hydrogen) atoms. The highest BCUT2D eigenvalue weighted by molar-refractivity contribution is 5.57. The van der Waals surface area contributed by atoms with E-state index in [9.17, 15) is 14.7 Å². The minimum atomic E-state index is -1.14. The van der Waals surface area contributed by atoms with E-state index < -0.39 is 35.3 Å². The number of ether oxygens (including phenoxy) is 4. The first-order chi connectivity index (χ1) is 19.4. The normalized spacial score (nSPS) is 18.9. The highest BCUT2D eigenvalue weighted by atomic mass is 16.6. The van der Waals surface area contributed by atoms with Crippen LogP contribution in [0.3, 0.4) is 0 Å². The number of aromatic nitrogens is 2. The number of nitrogens with one attached hydrogen (secondary N) is 1. The summed E-state index contributed by atoms with van der Waals surface area (Å²) in [6.45, 7) is 1.67. The standard InChI is InChI=1S/C31H32N2O7/c1-20-18-33(30(36)32-28(20)35)29-25(34)17-23(40-29)19-39-31(21-11-6-4-7-12-21,22-13-8-5-9-14-22)24-15-10-16-26(37-2)27(24)38-3/h4-16,18,23,25,29,34H,17,19H2,1-3H3,(H,32,35,36)/t23-,25+,29+/m0/s1. The van der Waals surface area contributed by atoms with Crippen molar-refractivity contribution in [1.29, 1.82) is 0 Å². The smallest absolute Gasteiger partial charge is 0.330 e. The van der Waals surface area contributed by atoms with Crippen molar-refractivity contribution in [3.63, 3.8) is 0 Å². The first kappa shape index (κ1) is 27.4. The maximum Gasteiger partial charge on any atom is 0.330 e. The molecule has 2 heterocycles. The van der Waals surface area contributed by atoms with Crippen LogP contribution in [-0.4, -0.2) is 47.7 Å². The predicted octanol–water partition coefficient (Wildman–Crippen LogP) is 3.52.